The molecule has 0 heterocycles. The van der Waals surface area contributed by atoms with Crippen molar-refractivity contribution in [2.45, 2.75) is 37.5 Å². The van der Waals surface area contributed by atoms with E-state index >= 15 is 0 Å². The third-order valence-corrected chi connectivity index (χ3v) is 4.64. The van der Waals surface area contributed by atoms with Crippen LogP contribution in [-0.4, -0.2) is 39.9 Å². The zero-order chi connectivity index (χ0) is 16.3. The maximum absolute atomic E-state index is 12.1. The molecule has 0 bridgehead atoms. The van der Waals surface area contributed by atoms with Gasteiger partial charge in [-0.1, -0.05) is 32.9 Å². The number of hydrogen-bond acceptors (Lipinski definition) is 3. The standard InChI is InChI=1S/C15H24N2O3S/c1-15(2,3)12-6-8-13(9-7-12)21(19,20)16-11-10-14(18)17(4)5/h6-9,16H,10-11H2,1-5H3. The normalized spacial score (nSPS) is 12.2. The van der Waals surface area contributed by atoms with E-state index in [1.54, 1.807) is 26.2 Å². The first-order chi connectivity index (χ1) is 9.54. The quantitative estimate of drug-likeness (QED) is 0.900. The minimum atomic E-state index is -3.56. The Balaban J connectivity index is 2.73. The molecule has 0 aliphatic heterocycles. The Hall–Kier alpha value is -1.40. The maximum Gasteiger partial charge on any atom is 0.240 e. The molecule has 0 unspecified atom stereocenters. The zero-order valence-electron chi connectivity index (χ0n) is 13.3. The second kappa shape index (κ2) is 6.58. The molecule has 1 rings (SSSR count). The van der Waals surface area contributed by atoms with Crippen LogP contribution < -0.4 is 4.72 Å². The topological polar surface area (TPSA) is 66.5 Å². The summed E-state index contributed by atoms with van der Waals surface area (Å²) in [5, 5.41) is 0. The van der Waals surface area contributed by atoms with Crippen LogP contribution in [0.2, 0.25) is 0 Å². The lowest BCUT2D eigenvalue weighted by molar-refractivity contribution is -0.128. The fraction of sp³-hybridized carbons (Fsp3) is 0.533. The highest BCUT2D eigenvalue weighted by Gasteiger charge is 2.17. The molecule has 0 atom stereocenters. The summed E-state index contributed by atoms with van der Waals surface area (Å²) < 4.78 is 26.7. The van der Waals surface area contributed by atoms with E-state index in [9.17, 15) is 13.2 Å². The van der Waals surface area contributed by atoms with Gasteiger partial charge in [-0.15, -0.1) is 0 Å². The van der Waals surface area contributed by atoms with E-state index in [1.807, 2.05) is 12.1 Å². The average Bonchev–Trinajstić information content (AvgIpc) is 2.37. The van der Waals surface area contributed by atoms with E-state index in [2.05, 4.69) is 25.5 Å². The van der Waals surface area contributed by atoms with Crippen molar-refractivity contribution in [3.05, 3.63) is 29.8 Å². The zero-order valence-corrected chi connectivity index (χ0v) is 14.1. The van der Waals surface area contributed by atoms with Gasteiger partial charge in [0.1, 0.15) is 0 Å². The van der Waals surface area contributed by atoms with Crippen molar-refractivity contribution in [2.24, 2.45) is 0 Å². The molecule has 0 fully saturated rings. The molecule has 0 spiro atoms. The molecule has 1 aromatic rings. The second-order valence-corrected chi connectivity index (χ2v) is 7.98. The molecule has 0 aliphatic rings. The maximum atomic E-state index is 12.1. The Morgan fingerprint density at radius 1 is 1.14 bits per heavy atom. The number of nitrogens with one attached hydrogen (secondary N) is 1. The van der Waals surface area contributed by atoms with Crippen molar-refractivity contribution in [3.63, 3.8) is 0 Å². The molecule has 0 saturated heterocycles. The molecule has 0 radical (unpaired) electrons. The summed E-state index contributed by atoms with van der Waals surface area (Å²) in [6.07, 6.45) is 0.145. The van der Waals surface area contributed by atoms with E-state index in [0.717, 1.165) is 5.56 Å². The number of sulfonamides is 1. The van der Waals surface area contributed by atoms with Crippen LogP contribution in [-0.2, 0) is 20.2 Å². The summed E-state index contributed by atoms with van der Waals surface area (Å²) in [5.41, 5.74) is 1.05. The van der Waals surface area contributed by atoms with Gasteiger partial charge in [0.15, 0.2) is 0 Å². The molecular weight excluding hydrogens is 288 g/mol. The number of nitrogens with zero attached hydrogens (tertiary/aromatic N) is 1. The van der Waals surface area contributed by atoms with Crippen LogP contribution in [0.5, 0.6) is 0 Å². The summed E-state index contributed by atoms with van der Waals surface area (Å²) >= 11 is 0. The Kier molecular flexibility index (Phi) is 5.53. The average molecular weight is 312 g/mol. The Bertz CT molecular complexity index is 584. The van der Waals surface area contributed by atoms with E-state index in [-0.39, 0.29) is 29.2 Å². The highest BCUT2D eigenvalue weighted by molar-refractivity contribution is 7.89. The third-order valence-electron chi connectivity index (χ3n) is 3.16. The molecule has 1 aromatic carbocycles. The van der Waals surface area contributed by atoms with E-state index < -0.39 is 10.0 Å². The van der Waals surface area contributed by atoms with Crippen molar-refractivity contribution < 1.29 is 13.2 Å². The van der Waals surface area contributed by atoms with Gasteiger partial charge in [-0.3, -0.25) is 4.79 Å². The Labute approximate surface area is 127 Å². The van der Waals surface area contributed by atoms with Crippen LogP contribution in [0.15, 0.2) is 29.2 Å². The van der Waals surface area contributed by atoms with Crippen LogP contribution in [0.1, 0.15) is 32.8 Å². The number of carbonyl (C=O) groups is 1. The smallest absolute Gasteiger partial charge is 0.240 e. The summed E-state index contributed by atoms with van der Waals surface area (Å²) in [6, 6.07) is 6.83. The highest BCUT2D eigenvalue weighted by atomic mass is 32.2. The van der Waals surface area contributed by atoms with Crippen LogP contribution in [0.25, 0.3) is 0 Å². The first-order valence-corrected chi connectivity index (χ1v) is 8.33. The minimum Gasteiger partial charge on any atom is -0.349 e. The third kappa shape index (κ3) is 5.13. The van der Waals surface area contributed by atoms with Gasteiger partial charge >= 0.3 is 0 Å². The summed E-state index contributed by atoms with van der Waals surface area (Å²) in [5.74, 6) is -0.110. The summed E-state index contributed by atoms with van der Waals surface area (Å²) in [4.78, 5) is 13.1. The van der Waals surface area contributed by atoms with Crippen LogP contribution in [0, 0.1) is 0 Å². The van der Waals surface area contributed by atoms with Gasteiger partial charge in [0, 0.05) is 27.1 Å². The number of amides is 1. The van der Waals surface area contributed by atoms with Crippen molar-refractivity contribution in [2.75, 3.05) is 20.6 Å². The lowest BCUT2D eigenvalue weighted by atomic mass is 9.87. The second-order valence-electron chi connectivity index (χ2n) is 6.21. The van der Waals surface area contributed by atoms with E-state index in [0.29, 0.717) is 0 Å². The fourth-order valence-corrected chi connectivity index (χ4v) is 2.77. The molecule has 118 valence electrons. The van der Waals surface area contributed by atoms with Gasteiger partial charge in [0.05, 0.1) is 4.90 Å². The molecule has 0 aliphatic carbocycles. The molecule has 1 N–H and O–H groups in total. The number of hydrogen-bond donors (Lipinski definition) is 1. The lowest BCUT2D eigenvalue weighted by Gasteiger charge is -2.19. The molecule has 0 saturated carbocycles. The summed E-state index contributed by atoms with van der Waals surface area (Å²) in [7, 11) is -0.283. The van der Waals surface area contributed by atoms with E-state index in [4.69, 9.17) is 0 Å². The van der Waals surface area contributed by atoms with Crippen LogP contribution >= 0.6 is 0 Å². The Morgan fingerprint density at radius 2 is 1.67 bits per heavy atom. The van der Waals surface area contributed by atoms with Crippen LogP contribution in [0.3, 0.4) is 0 Å². The van der Waals surface area contributed by atoms with Gasteiger partial charge in [0.2, 0.25) is 15.9 Å². The molecule has 1 amide bonds. The predicted octanol–water partition coefficient (Wildman–Crippen LogP) is 1.74. The van der Waals surface area contributed by atoms with Crippen molar-refractivity contribution in [1.29, 1.82) is 0 Å². The lowest BCUT2D eigenvalue weighted by Crippen LogP contribution is -2.30. The molecular formula is C15H24N2O3S. The van der Waals surface area contributed by atoms with Crippen molar-refractivity contribution in [1.82, 2.24) is 9.62 Å². The first kappa shape index (κ1) is 17.7. The largest absolute Gasteiger partial charge is 0.349 e. The number of rotatable bonds is 5. The minimum absolute atomic E-state index is 0.0200. The first-order valence-electron chi connectivity index (χ1n) is 6.84. The number of carbonyl (C=O) groups excluding carboxylic acids is 1. The predicted molar refractivity (Wildman–Crippen MR) is 83.6 cm³/mol. The molecule has 0 aromatic heterocycles. The Morgan fingerprint density at radius 3 is 2.10 bits per heavy atom. The van der Waals surface area contributed by atoms with Gasteiger partial charge in [-0.25, -0.2) is 13.1 Å². The van der Waals surface area contributed by atoms with Crippen molar-refractivity contribution >= 4 is 15.9 Å². The summed E-state index contributed by atoms with van der Waals surface area (Å²) in [6.45, 7) is 6.31. The highest BCUT2D eigenvalue weighted by Crippen LogP contribution is 2.23. The molecule has 5 nitrogen and oxygen atoms in total. The van der Waals surface area contributed by atoms with Gasteiger partial charge in [-0.05, 0) is 23.1 Å². The number of benzene rings is 1. The monoisotopic (exact) mass is 312 g/mol. The van der Waals surface area contributed by atoms with E-state index in [1.165, 1.54) is 4.90 Å². The van der Waals surface area contributed by atoms with Gasteiger partial charge < -0.3 is 4.90 Å². The SMILES string of the molecule is CN(C)C(=O)CCNS(=O)(=O)c1ccc(C(C)(C)C)cc1. The van der Waals surface area contributed by atoms with Gasteiger partial charge in [-0.2, -0.15) is 0 Å². The molecule has 21 heavy (non-hydrogen) atoms. The molecule has 6 heteroatoms. The van der Waals surface area contributed by atoms with Crippen molar-refractivity contribution in [3.8, 4) is 0 Å². The van der Waals surface area contributed by atoms with Gasteiger partial charge in [0.25, 0.3) is 0 Å². The van der Waals surface area contributed by atoms with Crippen LogP contribution in [0.4, 0.5) is 0 Å². The fourth-order valence-electron chi connectivity index (χ4n) is 1.73.